The van der Waals surface area contributed by atoms with Crippen molar-refractivity contribution in [1.29, 1.82) is 0 Å². The topological polar surface area (TPSA) is 81.1 Å². The molecule has 6 unspecified atom stereocenters. The van der Waals surface area contributed by atoms with Gasteiger partial charge in [0.2, 0.25) is 0 Å². The highest BCUT2D eigenvalue weighted by Gasteiger charge is 2.61. The van der Waals surface area contributed by atoms with Crippen LogP contribution in [0.25, 0.3) is 0 Å². The summed E-state index contributed by atoms with van der Waals surface area (Å²) >= 11 is 0. The van der Waals surface area contributed by atoms with Gasteiger partial charge in [-0.25, -0.2) is 4.55 Å². The zero-order chi connectivity index (χ0) is 22.5. The molecular formula is C25H39O5S+. The first-order valence-corrected chi connectivity index (χ1v) is 13.2. The fourth-order valence-corrected chi connectivity index (χ4v) is 8.45. The Morgan fingerprint density at radius 2 is 1.97 bits per heavy atom. The largest absolute Gasteiger partial charge is 0.609 e. The molecule has 3 aliphatic rings. The summed E-state index contributed by atoms with van der Waals surface area (Å²) in [5.41, 5.74) is 3.07. The molecule has 6 atom stereocenters. The van der Waals surface area contributed by atoms with E-state index in [9.17, 15) is 13.0 Å². The van der Waals surface area contributed by atoms with Crippen LogP contribution in [0, 0.1) is 34.0 Å². The molecule has 0 aliphatic heterocycles. The van der Waals surface area contributed by atoms with Crippen LogP contribution in [0.3, 0.4) is 0 Å². The Kier molecular flexibility index (Phi) is 5.87. The van der Waals surface area contributed by atoms with Crippen LogP contribution in [0.5, 0.6) is 0 Å². The number of furan rings is 1. The Hall–Kier alpha value is -1.27. The molecular weight excluding hydrogens is 412 g/mol. The maximum Gasteiger partial charge on any atom is 0.609 e. The van der Waals surface area contributed by atoms with Gasteiger partial charge >= 0.3 is 10.4 Å². The fraction of sp³-hybridized carbons (Fsp3) is 0.760. The summed E-state index contributed by atoms with van der Waals surface area (Å²) in [6.07, 6.45) is 15.0. The van der Waals surface area contributed by atoms with Gasteiger partial charge in [-0.1, -0.05) is 34.1 Å². The summed E-state index contributed by atoms with van der Waals surface area (Å²) in [7, 11) is -4.24. The molecule has 174 valence electrons. The molecule has 31 heavy (non-hydrogen) atoms. The first-order chi connectivity index (χ1) is 14.5. The van der Waals surface area contributed by atoms with E-state index in [1.165, 1.54) is 43.9 Å². The van der Waals surface area contributed by atoms with Gasteiger partial charge in [0.1, 0.15) is 6.26 Å². The van der Waals surface area contributed by atoms with E-state index in [0.29, 0.717) is 16.7 Å². The smallest absolute Gasteiger partial charge is 0.472 e. The minimum absolute atomic E-state index is 0.113. The second-order valence-electron chi connectivity index (χ2n) is 11.5. The van der Waals surface area contributed by atoms with Crippen LogP contribution in [-0.4, -0.2) is 13.0 Å². The number of hydrogen-bond donors (Lipinski definition) is 1. The Morgan fingerprint density at radius 3 is 2.65 bits per heavy atom. The number of allylic oxidation sites excluding steroid dienone is 1. The van der Waals surface area contributed by atoms with Crippen molar-refractivity contribution < 1.29 is 21.6 Å². The molecule has 5 nitrogen and oxygen atoms in total. The van der Waals surface area contributed by atoms with Gasteiger partial charge in [-0.2, -0.15) is 4.21 Å². The zero-order valence-electron chi connectivity index (χ0n) is 19.4. The lowest BCUT2D eigenvalue weighted by atomic mass is 9.39. The highest BCUT2D eigenvalue weighted by molar-refractivity contribution is 7.81. The predicted molar refractivity (Wildman–Crippen MR) is 122 cm³/mol. The molecule has 0 saturated heterocycles. The Morgan fingerprint density at radius 1 is 1.19 bits per heavy atom. The van der Waals surface area contributed by atoms with Gasteiger partial charge in [0.25, 0.3) is 0 Å². The molecule has 1 aromatic heterocycles. The van der Waals surface area contributed by atoms with E-state index in [1.807, 2.05) is 6.07 Å². The maximum absolute atomic E-state index is 11.4. The standard InChI is InChI=1S/C25H38O5S/c1-23(2)12-5-13-25(4)21(23)10-14-24(3)20(8-6-18-11-15-29-16-18)19(7-9-22(24)25)17-30-31(26,27)28/h11,15-17,20-22H,5-10,12-14H2,1-4H3,(H,26,27,28)/p+1. The Labute approximate surface area is 187 Å². The van der Waals surface area contributed by atoms with Crippen molar-refractivity contribution in [2.45, 2.75) is 85.5 Å². The summed E-state index contributed by atoms with van der Waals surface area (Å²) in [6, 6.07) is 2.01. The van der Waals surface area contributed by atoms with Crippen molar-refractivity contribution in [2.24, 2.45) is 34.0 Å². The van der Waals surface area contributed by atoms with E-state index in [4.69, 9.17) is 8.60 Å². The summed E-state index contributed by atoms with van der Waals surface area (Å²) in [6.45, 7) is 9.93. The minimum Gasteiger partial charge on any atom is -0.472 e. The van der Waals surface area contributed by atoms with Crippen LogP contribution >= 0.6 is 0 Å². The van der Waals surface area contributed by atoms with E-state index in [1.54, 1.807) is 12.5 Å². The van der Waals surface area contributed by atoms with E-state index >= 15 is 0 Å². The third kappa shape index (κ3) is 4.22. The molecule has 0 radical (unpaired) electrons. The molecule has 0 amide bonds. The third-order valence-electron chi connectivity index (χ3n) is 9.43. The van der Waals surface area contributed by atoms with Crippen LogP contribution in [0.4, 0.5) is 0 Å². The van der Waals surface area contributed by atoms with Crippen LogP contribution in [0.1, 0.15) is 84.6 Å². The average molecular weight is 452 g/mol. The molecule has 2 N–H and O–H groups in total. The van der Waals surface area contributed by atoms with E-state index in [2.05, 4.69) is 27.7 Å². The van der Waals surface area contributed by atoms with Crippen LogP contribution in [0.2, 0.25) is 0 Å². The monoisotopic (exact) mass is 451 g/mol. The molecule has 1 heterocycles. The summed E-state index contributed by atoms with van der Waals surface area (Å²) < 4.78 is 40.1. The molecule has 0 spiro atoms. The Balaban J connectivity index is 1.68. The van der Waals surface area contributed by atoms with Gasteiger partial charge in [0.05, 0.1) is 12.5 Å². The molecule has 0 aromatic carbocycles. The normalized spacial score (nSPS) is 40.5. The number of aryl methyl sites for hydroxylation is 1. The average Bonchev–Trinajstić information content (AvgIpc) is 3.17. The van der Waals surface area contributed by atoms with Crippen molar-refractivity contribution in [3.05, 3.63) is 36.0 Å². The maximum atomic E-state index is 11.4. The summed E-state index contributed by atoms with van der Waals surface area (Å²) in [5.74, 6) is 1.62. The highest BCUT2D eigenvalue weighted by Crippen LogP contribution is 2.69. The van der Waals surface area contributed by atoms with Crippen LogP contribution in [0.15, 0.2) is 34.8 Å². The van der Waals surface area contributed by atoms with Gasteiger partial charge in [-0.3, -0.25) is 0 Å². The van der Waals surface area contributed by atoms with Crippen molar-refractivity contribution >= 4 is 10.4 Å². The van der Waals surface area contributed by atoms with Crippen molar-refractivity contribution in [1.82, 2.24) is 0 Å². The van der Waals surface area contributed by atoms with Gasteiger partial charge < -0.3 is 8.60 Å². The Bertz CT molecular complexity index is 916. The minimum atomic E-state index is -4.24. The molecule has 3 saturated carbocycles. The lowest BCUT2D eigenvalue weighted by molar-refractivity contribution is -0.154. The zero-order valence-corrected chi connectivity index (χ0v) is 20.2. The van der Waals surface area contributed by atoms with Crippen molar-refractivity contribution in [3.63, 3.8) is 0 Å². The van der Waals surface area contributed by atoms with Crippen molar-refractivity contribution in [3.8, 4) is 0 Å². The predicted octanol–water partition coefficient (Wildman–Crippen LogP) is 6.73. The summed E-state index contributed by atoms with van der Waals surface area (Å²) in [4.78, 5) is 0. The second-order valence-corrected chi connectivity index (χ2v) is 12.6. The van der Waals surface area contributed by atoms with E-state index in [-0.39, 0.29) is 11.3 Å². The SMILES string of the molecule is CC1(C)CCCC2(C)C1CCC1(C)C(CCc3ccoc3)C(=COS(=O)(O)=[OH+])CCC12. The molecule has 0 bridgehead atoms. The molecule has 1 aromatic rings. The first kappa shape index (κ1) is 22.9. The van der Waals surface area contributed by atoms with Gasteiger partial charge in [0.15, 0.2) is 0 Å². The number of fused-ring (bicyclic) bond motifs is 3. The second kappa shape index (κ2) is 7.95. The van der Waals surface area contributed by atoms with Gasteiger partial charge in [-0.15, -0.1) is 4.21 Å². The quantitative estimate of drug-likeness (QED) is 0.306. The van der Waals surface area contributed by atoms with Gasteiger partial charge in [0, 0.05) is 0 Å². The van der Waals surface area contributed by atoms with Crippen LogP contribution in [-0.2, 0) is 21.0 Å². The number of rotatable bonds is 5. The van der Waals surface area contributed by atoms with E-state index in [0.717, 1.165) is 37.2 Å². The van der Waals surface area contributed by atoms with Crippen molar-refractivity contribution in [2.75, 3.05) is 0 Å². The molecule has 3 fully saturated rings. The lowest BCUT2D eigenvalue weighted by Crippen LogP contribution is -2.58. The first-order valence-electron chi connectivity index (χ1n) is 11.8. The number of hydrogen-bond acceptors (Lipinski definition) is 3. The lowest BCUT2D eigenvalue weighted by Gasteiger charge is -2.66. The van der Waals surface area contributed by atoms with Crippen LogP contribution < -0.4 is 0 Å². The molecule has 4 rings (SSSR count). The third-order valence-corrected chi connectivity index (χ3v) is 9.78. The molecule has 3 aliphatic carbocycles. The summed E-state index contributed by atoms with van der Waals surface area (Å²) in [5, 5.41) is 0. The fourth-order valence-electron chi connectivity index (χ4n) is 8.20. The van der Waals surface area contributed by atoms with Gasteiger partial charge in [-0.05, 0) is 103 Å². The molecule has 6 heteroatoms. The van der Waals surface area contributed by atoms with E-state index < -0.39 is 10.4 Å². The highest BCUT2D eigenvalue weighted by atomic mass is 32.3.